The number of rotatable bonds is 5. The second-order valence-electron chi connectivity index (χ2n) is 4.94. The summed E-state index contributed by atoms with van der Waals surface area (Å²) in [7, 11) is 3.43. The van der Waals surface area contributed by atoms with Gasteiger partial charge in [0, 0.05) is 38.6 Å². The lowest BCUT2D eigenvalue weighted by Crippen LogP contribution is -2.27. The van der Waals surface area contributed by atoms with Crippen molar-refractivity contribution in [1.82, 2.24) is 0 Å². The van der Waals surface area contributed by atoms with Gasteiger partial charge in [-0.05, 0) is 12.5 Å². The van der Waals surface area contributed by atoms with Crippen LogP contribution in [0.5, 0.6) is 0 Å². The molecule has 2 unspecified atom stereocenters. The topological polar surface area (TPSA) is 41.9 Å². The summed E-state index contributed by atoms with van der Waals surface area (Å²) in [5.41, 5.74) is 2.06. The smallest absolute Gasteiger partial charge is 0.102 e. The Morgan fingerprint density at radius 1 is 1.21 bits per heavy atom. The Morgan fingerprint density at radius 2 is 1.79 bits per heavy atom. The van der Waals surface area contributed by atoms with E-state index < -0.39 is 6.10 Å². The predicted octanol–water partition coefficient (Wildman–Crippen LogP) is 1.98. The van der Waals surface area contributed by atoms with E-state index in [0.717, 1.165) is 24.3 Å². The van der Waals surface area contributed by atoms with E-state index in [2.05, 4.69) is 11.0 Å². The molecule has 1 aromatic rings. The van der Waals surface area contributed by atoms with E-state index in [1.807, 2.05) is 25.1 Å². The Kier molecular flexibility index (Phi) is 4.80. The summed E-state index contributed by atoms with van der Waals surface area (Å²) in [6, 6.07) is 8.02. The average molecular weight is 265 g/mol. The molecule has 1 aliphatic rings. The zero-order chi connectivity index (χ0) is 13.8. The van der Waals surface area contributed by atoms with Crippen molar-refractivity contribution in [3.05, 3.63) is 29.8 Å². The number of hydrogen-bond acceptors (Lipinski definition) is 4. The van der Waals surface area contributed by atoms with E-state index in [1.165, 1.54) is 0 Å². The SMILES string of the molecule is CC[C@@H](O)c1ccccc1N1CC(OC)C(OC)C1. The highest BCUT2D eigenvalue weighted by atomic mass is 16.5. The molecule has 4 heteroatoms. The van der Waals surface area contributed by atoms with Crippen molar-refractivity contribution in [2.45, 2.75) is 31.7 Å². The van der Waals surface area contributed by atoms with Gasteiger partial charge in [-0.15, -0.1) is 0 Å². The molecule has 0 aliphatic carbocycles. The first kappa shape index (κ1) is 14.3. The number of para-hydroxylation sites is 1. The molecule has 3 atom stereocenters. The van der Waals surface area contributed by atoms with Crippen LogP contribution in [0.25, 0.3) is 0 Å². The molecule has 1 aromatic carbocycles. The standard InChI is InChI=1S/C15H23NO3/c1-4-13(17)11-7-5-6-8-12(11)16-9-14(18-2)15(10-16)19-3/h5-8,13-15,17H,4,9-10H2,1-3H3/t13-,14?,15?/m1/s1. The number of anilines is 1. The molecule has 106 valence electrons. The largest absolute Gasteiger partial charge is 0.388 e. The van der Waals surface area contributed by atoms with Gasteiger partial charge in [0.2, 0.25) is 0 Å². The Labute approximate surface area is 114 Å². The Bertz CT molecular complexity index is 398. The van der Waals surface area contributed by atoms with Crippen molar-refractivity contribution in [1.29, 1.82) is 0 Å². The van der Waals surface area contributed by atoms with E-state index in [1.54, 1.807) is 14.2 Å². The van der Waals surface area contributed by atoms with Crippen molar-refractivity contribution in [3.63, 3.8) is 0 Å². The van der Waals surface area contributed by atoms with Gasteiger partial charge in [-0.2, -0.15) is 0 Å². The average Bonchev–Trinajstić information content (AvgIpc) is 2.89. The fraction of sp³-hybridized carbons (Fsp3) is 0.600. The van der Waals surface area contributed by atoms with Gasteiger partial charge in [-0.3, -0.25) is 0 Å². The summed E-state index contributed by atoms with van der Waals surface area (Å²) in [4.78, 5) is 2.23. The molecule has 0 amide bonds. The van der Waals surface area contributed by atoms with Crippen molar-refractivity contribution < 1.29 is 14.6 Å². The lowest BCUT2D eigenvalue weighted by molar-refractivity contribution is -0.00461. The molecule has 0 aromatic heterocycles. The van der Waals surface area contributed by atoms with Gasteiger partial charge < -0.3 is 19.5 Å². The Morgan fingerprint density at radius 3 is 2.32 bits per heavy atom. The van der Waals surface area contributed by atoms with Crippen LogP contribution in [0.15, 0.2) is 24.3 Å². The molecule has 1 aliphatic heterocycles. The summed E-state index contributed by atoms with van der Waals surface area (Å²) in [5, 5.41) is 10.1. The molecule has 0 radical (unpaired) electrons. The molecule has 19 heavy (non-hydrogen) atoms. The fourth-order valence-corrected chi connectivity index (χ4v) is 2.67. The highest BCUT2D eigenvalue weighted by molar-refractivity contribution is 5.55. The Balaban J connectivity index is 2.23. The van der Waals surface area contributed by atoms with Gasteiger partial charge >= 0.3 is 0 Å². The van der Waals surface area contributed by atoms with Crippen molar-refractivity contribution >= 4 is 5.69 Å². The van der Waals surface area contributed by atoms with Crippen LogP contribution in [-0.4, -0.2) is 44.6 Å². The van der Waals surface area contributed by atoms with Crippen LogP contribution in [0.1, 0.15) is 25.0 Å². The minimum Gasteiger partial charge on any atom is -0.388 e. The first-order valence-electron chi connectivity index (χ1n) is 6.78. The van der Waals surface area contributed by atoms with Crippen LogP contribution in [-0.2, 0) is 9.47 Å². The molecule has 1 fully saturated rings. The van der Waals surface area contributed by atoms with Gasteiger partial charge in [0.25, 0.3) is 0 Å². The van der Waals surface area contributed by atoms with Crippen LogP contribution in [0, 0.1) is 0 Å². The first-order chi connectivity index (χ1) is 9.21. The minimum absolute atomic E-state index is 0.0804. The van der Waals surface area contributed by atoms with Crippen LogP contribution in [0.3, 0.4) is 0 Å². The quantitative estimate of drug-likeness (QED) is 0.884. The molecule has 1 heterocycles. The van der Waals surface area contributed by atoms with Gasteiger partial charge in [0.05, 0.1) is 6.10 Å². The van der Waals surface area contributed by atoms with E-state index in [0.29, 0.717) is 6.42 Å². The fourth-order valence-electron chi connectivity index (χ4n) is 2.67. The predicted molar refractivity (Wildman–Crippen MR) is 75.5 cm³/mol. The number of benzene rings is 1. The summed E-state index contributed by atoms with van der Waals surface area (Å²) >= 11 is 0. The van der Waals surface area contributed by atoms with E-state index in [4.69, 9.17) is 9.47 Å². The second-order valence-corrected chi connectivity index (χ2v) is 4.94. The first-order valence-corrected chi connectivity index (χ1v) is 6.78. The number of nitrogens with zero attached hydrogens (tertiary/aromatic N) is 1. The van der Waals surface area contributed by atoms with E-state index in [9.17, 15) is 5.11 Å². The normalized spacial score (nSPS) is 24.7. The molecular formula is C15H23NO3. The third-order valence-corrected chi connectivity index (χ3v) is 3.84. The maximum atomic E-state index is 10.1. The molecular weight excluding hydrogens is 242 g/mol. The second kappa shape index (κ2) is 6.37. The monoisotopic (exact) mass is 265 g/mol. The zero-order valence-electron chi connectivity index (χ0n) is 11.9. The molecule has 1 saturated heterocycles. The number of ether oxygens (including phenoxy) is 2. The van der Waals surface area contributed by atoms with Crippen LogP contribution in [0.2, 0.25) is 0 Å². The van der Waals surface area contributed by atoms with E-state index in [-0.39, 0.29) is 12.2 Å². The number of hydrogen-bond donors (Lipinski definition) is 1. The lowest BCUT2D eigenvalue weighted by Gasteiger charge is -2.23. The number of methoxy groups -OCH3 is 2. The summed E-state index contributed by atoms with van der Waals surface area (Å²) in [6.45, 7) is 3.58. The minimum atomic E-state index is -0.418. The summed E-state index contributed by atoms with van der Waals surface area (Å²) < 4.78 is 10.9. The van der Waals surface area contributed by atoms with Crippen molar-refractivity contribution in [2.75, 3.05) is 32.2 Å². The number of aliphatic hydroxyl groups excluding tert-OH is 1. The Hall–Kier alpha value is -1.10. The zero-order valence-corrected chi connectivity index (χ0v) is 11.9. The molecule has 0 bridgehead atoms. The van der Waals surface area contributed by atoms with Crippen LogP contribution in [0.4, 0.5) is 5.69 Å². The third kappa shape index (κ3) is 2.91. The molecule has 0 saturated carbocycles. The van der Waals surface area contributed by atoms with Gasteiger partial charge in [-0.25, -0.2) is 0 Å². The highest BCUT2D eigenvalue weighted by Gasteiger charge is 2.34. The highest BCUT2D eigenvalue weighted by Crippen LogP contribution is 2.31. The molecule has 0 spiro atoms. The van der Waals surface area contributed by atoms with E-state index >= 15 is 0 Å². The van der Waals surface area contributed by atoms with Crippen molar-refractivity contribution in [3.8, 4) is 0 Å². The number of aliphatic hydroxyl groups is 1. The van der Waals surface area contributed by atoms with Gasteiger partial charge in [-0.1, -0.05) is 25.1 Å². The van der Waals surface area contributed by atoms with Gasteiger partial charge in [0.15, 0.2) is 0 Å². The maximum Gasteiger partial charge on any atom is 0.102 e. The van der Waals surface area contributed by atoms with Crippen LogP contribution < -0.4 is 4.90 Å². The van der Waals surface area contributed by atoms with Crippen molar-refractivity contribution in [2.24, 2.45) is 0 Å². The molecule has 1 N–H and O–H groups in total. The third-order valence-electron chi connectivity index (χ3n) is 3.84. The summed E-state index contributed by atoms with van der Waals surface area (Å²) in [6.07, 6.45) is 0.458. The van der Waals surface area contributed by atoms with Gasteiger partial charge in [0.1, 0.15) is 12.2 Å². The molecule has 4 nitrogen and oxygen atoms in total. The van der Waals surface area contributed by atoms with Crippen LogP contribution >= 0.6 is 0 Å². The molecule has 2 rings (SSSR count). The maximum absolute atomic E-state index is 10.1. The summed E-state index contributed by atoms with van der Waals surface area (Å²) in [5.74, 6) is 0. The lowest BCUT2D eigenvalue weighted by atomic mass is 10.0.